The molecular formula is C29H30ClFN2O2. The van der Waals surface area contributed by atoms with Gasteiger partial charge in [-0.05, 0) is 67.0 Å². The van der Waals surface area contributed by atoms with Crippen LogP contribution >= 0.6 is 11.6 Å². The number of aryl methyl sites for hydroxylation is 1. The highest BCUT2D eigenvalue weighted by molar-refractivity contribution is 6.36. The summed E-state index contributed by atoms with van der Waals surface area (Å²) in [7, 11) is 1.55. The van der Waals surface area contributed by atoms with Gasteiger partial charge in [0.15, 0.2) is 0 Å². The van der Waals surface area contributed by atoms with Crippen LogP contribution in [0.25, 0.3) is 22.3 Å². The van der Waals surface area contributed by atoms with E-state index >= 15 is 4.39 Å². The Morgan fingerprint density at radius 1 is 1.11 bits per heavy atom. The zero-order valence-electron chi connectivity index (χ0n) is 20.1. The third-order valence-electron chi connectivity index (χ3n) is 7.35. The van der Waals surface area contributed by atoms with Crippen molar-refractivity contribution in [3.63, 3.8) is 0 Å². The number of rotatable bonds is 7. The molecule has 2 atom stereocenters. The van der Waals surface area contributed by atoms with Crippen LogP contribution in [0, 0.1) is 5.82 Å². The molecule has 2 N–H and O–H groups in total. The van der Waals surface area contributed by atoms with Gasteiger partial charge < -0.3 is 15.4 Å². The van der Waals surface area contributed by atoms with Crippen LogP contribution in [0.2, 0.25) is 5.02 Å². The van der Waals surface area contributed by atoms with E-state index in [9.17, 15) is 4.79 Å². The lowest BCUT2D eigenvalue weighted by molar-refractivity contribution is -0.119. The molecule has 0 bridgehead atoms. The highest BCUT2D eigenvalue weighted by Gasteiger charge is 2.26. The van der Waals surface area contributed by atoms with E-state index in [0.717, 1.165) is 42.4 Å². The summed E-state index contributed by atoms with van der Waals surface area (Å²) in [6.07, 6.45) is 4.64. The molecule has 182 valence electrons. The van der Waals surface area contributed by atoms with Crippen LogP contribution in [-0.2, 0) is 24.2 Å². The van der Waals surface area contributed by atoms with Crippen molar-refractivity contribution in [2.45, 2.75) is 57.7 Å². The molecule has 4 nitrogen and oxygen atoms in total. The third kappa shape index (κ3) is 4.67. The largest absolute Gasteiger partial charge is 0.496 e. The van der Waals surface area contributed by atoms with Crippen LogP contribution in [0.4, 0.5) is 4.39 Å². The molecule has 3 aromatic carbocycles. The molecule has 1 fully saturated rings. The van der Waals surface area contributed by atoms with Crippen molar-refractivity contribution < 1.29 is 13.9 Å². The number of carbonyl (C=O) groups is 1. The Hall–Kier alpha value is -2.89. The number of halogens is 2. The Kier molecular flexibility index (Phi) is 6.81. The topological polar surface area (TPSA) is 50.4 Å². The second-order valence-electron chi connectivity index (χ2n) is 9.49. The van der Waals surface area contributed by atoms with Gasteiger partial charge >= 0.3 is 0 Å². The Morgan fingerprint density at radius 2 is 1.89 bits per heavy atom. The van der Waals surface area contributed by atoms with E-state index < -0.39 is 0 Å². The van der Waals surface area contributed by atoms with E-state index in [1.54, 1.807) is 7.11 Å². The van der Waals surface area contributed by atoms with E-state index in [2.05, 4.69) is 28.8 Å². The van der Waals surface area contributed by atoms with E-state index in [4.69, 9.17) is 16.3 Å². The quantitative estimate of drug-likeness (QED) is 0.421. The van der Waals surface area contributed by atoms with Crippen molar-refractivity contribution in [1.82, 2.24) is 10.6 Å². The zero-order chi connectivity index (χ0) is 24.5. The van der Waals surface area contributed by atoms with Crippen molar-refractivity contribution in [2.24, 2.45) is 0 Å². The summed E-state index contributed by atoms with van der Waals surface area (Å²) in [5.41, 5.74) is 6.80. The smallest absolute Gasteiger partial charge is 0.220 e. The fourth-order valence-electron chi connectivity index (χ4n) is 5.37. The van der Waals surface area contributed by atoms with Crippen LogP contribution in [0.3, 0.4) is 0 Å². The number of ether oxygens (including phenoxy) is 1. The molecule has 5 rings (SSSR count). The van der Waals surface area contributed by atoms with Gasteiger partial charge in [-0.15, -0.1) is 0 Å². The molecule has 1 saturated heterocycles. The maximum Gasteiger partial charge on any atom is 0.220 e. The Bertz CT molecular complexity index is 1280. The predicted molar refractivity (Wildman–Crippen MR) is 138 cm³/mol. The second kappa shape index (κ2) is 10.00. The van der Waals surface area contributed by atoms with E-state index in [0.29, 0.717) is 34.9 Å². The molecule has 6 heteroatoms. The number of nitrogens with one attached hydrogen (secondary N) is 2. The molecule has 2 unspecified atom stereocenters. The van der Waals surface area contributed by atoms with Crippen LogP contribution < -0.4 is 15.4 Å². The van der Waals surface area contributed by atoms with E-state index in [1.165, 1.54) is 17.2 Å². The highest BCUT2D eigenvalue weighted by Crippen LogP contribution is 2.41. The van der Waals surface area contributed by atoms with Gasteiger partial charge in [-0.1, -0.05) is 48.0 Å². The predicted octanol–water partition coefficient (Wildman–Crippen LogP) is 6.07. The van der Waals surface area contributed by atoms with Gasteiger partial charge in [0.25, 0.3) is 0 Å². The molecule has 0 radical (unpaired) electrons. The van der Waals surface area contributed by atoms with Gasteiger partial charge in [-0.2, -0.15) is 0 Å². The van der Waals surface area contributed by atoms with Crippen LogP contribution in [0.15, 0.2) is 48.5 Å². The van der Waals surface area contributed by atoms with Gasteiger partial charge in [0.1, 0.15) is 11.6 Å². The number of methoxy groups -OCH3 is 1. The standard InChI is InChI=1S/C29H30ClFN2O2/c1-17(26-12-13-28(34)33-26)32-16-24-25(31)14-19(15-27(24)35-2)21-9-5-11-23(29(21)30)22-10-4-7-18-6-3-8-20(18)22/h4-5,7,9-11,14-15,17,26,32H,3,6,8,12-13,16H2,1-2H3,(H,33,34). The van der Waals surface area contributed by atoms with Crippen molar-refractivity contribution >= 4 is 17.5 Å². The van der Waals surface area contributed by atoms with Crippen LogP contribution in [0.1, 0.15) is 42.9 Å². The fourth-order valence-corrected chi connectivity index (χ4v) is 5.71. The molecule has 1 amide bonds. The molecule has 35 heavy (non-hydrogen) atoms. The molecule has 0 aromatic heterocycles. The minimum Gasteiger partial charge on any atom is -0.496 e. The number of hydrogen-bond donors (Lipinski definition) is 2. The first kappa shape index (κ1) is 23.8. The molecule has 3 aromatic rings. The summed E-state index contributed by atoms with van der Waals surface area (Å²) >= 11 is 6.94. The highest BCUT2D eigenvalue weighted by atomic mass is 35.5. The molecule has 1 aliphatic carbocycles. The van der Waals surface area contributed by atoms with Crippen molar-refractivity contribution in [3.8, 4) is 28.0 Å². The summed E-state index contributed by atoms with van der Waals surface area (Å²) in [6, 6.07) is 15.8. The maximum atomic E-state index is 15.4. The van der Waals surface area contributed by atoms with Crippen molar-refractivity contribution in [1.29, 1.82) is 0 Å². The van der Waals surface area contributed by atoms with Crippen LogP contribution in [0.5, 0.6) is 5.75 Å². The van der Waals surface area contributed by atoms with Crippen molar-refractivity contribution in [2.75, 3.05) is 7.11 Å². The summed E-state index contributed by atoms with van der Waals surface area (Å²) in [5.74, 6) is 0.185. The van der Waals surface area contributed by atoms with Gasteiger partial charge in [0.05, 0.1) is 12.1 Å². The lowest BCUT2D eigenvalue weighted by Gasteiger charge is -2.22. The monoisotopic (exact) mass is 492 g/mol. The molecular weight excluding hydrogens is 463 g/mol. The third-order valence-corrected chi connectivity index (χ3v) is 7.76. The summed E-state index contributed by atoms with van der Waals surface area (Å²) < 4.78 is 21.0. The Labute approximate surface area is 210 Å². The minimum atomic E-state index is -0.350. The van der Waals surface area contributed by atoms with Crippen LogP contribution in [-0.4, -0.2) is 25.1 Å². The average Bonchev–Trinajstić information content (AvgIpc) is 3.52. The second-order valence-corrected chi connectivity index (χ2v) is 9.86. The Balaban J connectivity index is 1.44. The molecule has 0 spiro atoms. The first-order valence-electron chi connectivity index (χ1n) is 12.3. The van der Waals surface area contributed by atoms with Gasteiger partial charge in [0.2, 0.25) is 5.91 Å². The molecule has 2 aliphatic rings. The molecule has 0 saturated carbocycles. The number of fused-ring (bicyclic) bond motifs is 1. The van der Waals surface area contributed by atoms with Gasteiger partial charge in [-0.25, -0.2) is 4.39 Å². The minimum absolute atomic E-state index is 0.0176. The zero-order valence-corrected chi connectivity index (χ0v) is 20.8. The number of hydrogen-bond acceptors (Lipinski definition) is 3. The average molecular weight is 493 g/mol. The SMILES string of the molecule is COc1cc(-c2cccc(-c3cccc4c3CCC4)c2Cl)cc(F)c1CNC(C)C1CCC(=O)N1. The number of benzene rings is 3. The van der Waals surface area contributed by atoms with Crippen molar-refractivity contribution in [3.05, 3.63) is 76.1 Å². The summed E-state index contributed by atoms with van der Waals surface area (Å²) in [6.45, 7) is 2.30. The molecule has 1 heterocycles. The first-order chi connectivity index (χ1) is 17.0. The summed E-state index contributed by atoms with van der Waals surface area (Å²) in [5, 5.41) is 6.92. The van der Waals surface area contributed by atoms with E-state index in [-0.39, 0.29) is 23.8 Å². The molecule has 1 aliphatic heterocycles. The normalized spacial score (nSPS) is 17.8. The maximum absolute atomic E-state index is 15.4. The lowest BCUT2D eigenvalue weighted by Crippen LogP contribution is -2.43. The van der Waals surface area contributed by atoms with Gasteiger partial charge in [-0.3, -0.25) is 4.79 Å². The van der Waals surface area contributed by atoms with Gasteiger partial charge in [0, 0.05) is 41.7 Å². The van der Waals surface area contributed by atoms with E-state index in [1.807, 2.05) is 31.2 Å². The Morgan fingerprint density at radius 3 is 2.66 bits per heavy atom. The first-order valence-corrected chi connectivity index (χ1v) is 12.6. The lowest BCUT2D eigenvalue weighted by atomic mass is 9.93. The fraction of sp³-hybridized carbons (Fsp3) is 0.345. The summed E-state index contributed by atoms with van der Waals surface area (Å²) in [4.78, 5) is 11.5. The number of carbonyl (C=O) groups excluding carboxylic acids is 1. The number of amides is 1.